The van der Waals surface area contributed by atoms with E-state index in [1.54, 1.807) is 0 Å². The van der Waals surface area contributed by atoms with Crippen molar-refractivity contribution in [2.75, 3.05) is 13.2 Å². The minimum Gasteiger partial charge on any atom is -0.396 e. The van der Waals surface area contributed by atoms with E-state index >= 15 is 0 Å². The van der Waals surface area contributed by atoms with Crippen LogP contribution in [0.15, 0.2) is 24.3 Å². The Kier molecular flexibility index (Phi) is 6.90. The first-order chi connectivity index (χ1) is 8.27. The Labute approximate surface area is 105 Å². The average molecular weight is 235 g/mol. The molecule has 2 heteroatoms. The van der Waals surface area contributed by atoms with E-state index in [0.29, 0.717) is 6.04 Å². The quantitative estimate of drug-likeness (QED) is 0.679. The number of unbranched alkanes of at least 4 members (excludes halogenated alkanes) is 1. The molecule has 0 spiro atoms. The molecule has 1 aromatic rings. The number of nitrogens with one attached hydrogen (secondary N) is 1. The molecule has 0 fully saturated rings. The van der Waals surface area contributed by atoms with Gasteiger partial charge in [-0.3, -0.25) is 0 Å². The van der Waals surface area contributed by atoms with Crippen LogP contribution in [0, 0.1) is 0 Å². The molecular formula is C15H25NO. The van der Waals surface area contributed by atoms with Gasteiger partial charge in [0.2, 0.25) is 0 Å². The summed E-state index contributed by atoms with van der Waals surface area (Å²) in [4.78, 5) is 0. The van der Waals surface area contributed by atoms with Crippen LogP contribution in [0.4, 0.5) is 0 Å². The van der Waals surface area contributed by atoms with Crippen molar-refractivity contribution in [2.45, 2.75) is 45.6 Å². The first-order valence-electron chi connectivity index (χ1n) is 6.71. The summed E-state index contributed by atoms with van der Waals surface area (Å²) in [6.07, 6.45) is 4.52. The van der Waals surface area contributed by atoms with Gasteiger partial charge < -0.3 is 10.4 Å². The van der Waals surface area contributed by atoms with E-state index < -0.39 is 0 Å². The Bertz CT molecular complexity index is 294. The van der Waals surface area contributed by atoms with E-state index in [1.807, 2.05) is 0 Å². The summed E-state index contributed by atoms with van der Waals surface area (Å²) < 4.78 is 0. The zero-order valence-electron chi connectivity index (χ0n) is 11.1. The molecule has 0 aliphatic heterocycles. The third-order valence-corrected chi connectivity index (χ3v) is 3.08. The topological polar surface area (TPSA) is 32.3 Å². The van der Waals surface area contributed by atoms with Gasteiger partial charge >= 0.3 is 0 Å². The predicted molar refractivity (Wildman–Crippen MR) is 73.2 cm³/mol. The third-order valence-electron chi connectivity index (χ3n) is 3.08. The lowest BCUT2D eigenvalue weighted by Gasteiger charge is -2.14. The molecule has 1 rings (SSSR count). The van der Waals surface area contributed by atoms with Gasteiger partial charge in [0.05, 0.1) is 0 Å². The molecule has 0 amide bonds. The van der Waals surface area contributed by atoms with Crippen molar-refractivity contribution < 1.29 is 5.11 Å². The normalized spacial score (nSPS) is 12.6. The smallest absolute Gasteiger partial charge is 0.0443 e. The number of aliphatic hydroxyl groups excluding tert-OH is 1. The molecule has 0 radical (unpaired) electrons. The maximum absolute atomic E-state index is 8.73. The second kappa shape index (κ2) is 8.26. The molecule has 1 unspecified atom stereocenters. The van der Waals surface area contributed by atoms with E-state index in [-0.39, 0.29) is 6.61 Å². The Morgan fingerprint density at radius 1 is 1.18 bits per heavy atom. The second-order valence-corrected chi connectivity index (χ2v) is 4.60. The van der Waals surface area contributed by atoms with Crippen LogP contribution in [-0.2, 0) is 6.42 Å². The van der Waals surface area contributed by atoms with Crippen LogP contribution in [0.2, 0.25) is 0 Å². The van der Waals surface area contributed by atoms with E-state index in [2.05, 4.69) is 43.4 Å². The Morgan fingerprint density at radius 2 is 1.88 bits per heavy atom. The van der Waals surface area contributed by atoms with Gasteiger partial charge in [0.25, 0.3) is 0 Å². The average Bonchev–Trinajstić information content (AvgIpc) is 2.37. The molecule has 1 aromatic carbocycles. The lowest BCUT2D eigenvalue weighted by molar-refractivity contribution is 0.284. The maximum Gasteiger partial charge on any atom is 0.0443 e. The van der Waals surface area contributed by atoms with Crippen molar-refractivity contribution >= 4 is 0 Å². The Balaban J connectivity index is 2.43. The number of benzene rings is 1. The Morgan fingerprint density at radius 3 is 2.47 bits per heavy atom. The lowest BCUT2D eigenvalue weighted by atomic mass is 10.0. The van der Waals surface area contributed by atoms with E-state index in [4.69, 9.17) is 5.11 Å². The van der Waals surface area contributed by atoms with Crippen LogP contribution in [-0.4, -0.2) is 18.3 Å². The SMILES string of the molecule is CCCCc1ccc(C(C)NCCCO)cc1. The summed E-state index contributed by atoms with van der Waals surface area (Å²) in [5.74, 6) is 0. The number of hydrogen-bond acceptors (Lipinski definition) is 2. The molecular weight excluding hydrogens is 210 g/mol. The molecule has 0 bridgehead atoms. The molecule has 96 valence electrons. The molecule has 0 aromatic heterocycles. The molecule has 0 aliphatic carbocycles. The van der Waals surface area contributed by atoms with Crippen molar-refractivity contribution in [3.8, 4) is 0 Å². The zero-order chi connectivity index (χ0) is 12.5. The van der Waals surface area contributed by atoms with Crippen LogP contribution in [0.25, 0.3) is 0 Å². The van der Waals surface area contributed by atoms with Crippen molar-refractivity contribution in [3.05, 3.63) is 35.4 Å². The van der Waals surface area contributed by atoms with Crippen LogP contribution < -0.4 is 5.32 Å². The molecule has 0 saturated carbocycles. The van der Waals surface area contributed by atoms with Gasteiger partial charge in [-0.05, 0) is 43.9 Å². The third kappa shape index (κ3) is 5.33. The largest absolute Gasteiger partial charge is 0.396 e. The standard InChI is InChI=1S/C15H25NO/c1-3-4-6-14-7-9-15(10-8-14)13(2)16-11-5-12-17/h7-10,13,16-17H,3-6,11-12H2,1-2H3. The minimum absolute atomic E-state index is 0.260. The highest BCUT2D eigenvalue weighted by Gasteiger charge is 2.03. The number of rotatable bonds is 8. The monoisotopic (exact) mass is 235 g/mol. The lowest BCUT2D eigenvalue weighted by Crippen LogP contribution is -2.20. The molecule has 0 heterocycles. The Hall–Kier alpha value is -0.860. The summed E-state index contributed by atoms with van der Waals surface area (Å²) in [7, 11) is 0. The van der Waals surface area contributed by atoms with Crippen LogP contribution in [0.3, 0.4) is 0 Å². The molecule has 0 aliphatic rings. The number of hydrogen-bond donors (Lipinski definition) is 2. The highest BCUT2D eigenvalue weighted by atomic mass is 16.3. The van der Waals surface area contributed by atoms with E-state index in [9.17, 15) is 0 Å². The van der Waals surface area contributed by atoms with Crippen molar-refractivity contribution in [2.24, 2.45) is 0 Å². The van der Waals surface area contributed by atoms with Gasteiger partial charge in [-0.1, -0.05) is 37.6 Å². The second-order valence-electron chi connectivity index (χ2n) is 4.60. The van der Waals surface area contributed by atoms with Gasteiger partial charge in [0.1, 0.15) is 0 Å². The first kappa shape index (κ1) is 14.2. The summed E-state index contributed by atoms with van der Waals surface area (Å²) >= 11 is 0. The fourth-order valence-corrected chi connectivity index (χ4v) is 1.87. The fourth-order valence-electron chi connectivity index (χ4n) is 1.87. The highest BCUT2D eigenvalue weighted by Crippen LogP contribution is 2.14. The summed E-state index contributed by atoms with van der Waals surface area (Å²) in [6.45, 7) is 5.52. The number of aryl methyl sites for hydroxylation is 1. The summed E-state index contributed by atoms with van der Waals surface area (Å²) in [5.41, 5.74) is 2.75. The summed E-state index contributed by atoms with van der Waals surface area (Å²) in [5, 5.41) is 12.1. The summed E-state index contributed by atoms with van der Waals surface area (Å²) in [6, 6.07) is 9.25. The van der Waals surface area contributed by atoms with Gasteiger partial charge in [-0.15, -0.1) is 0 Å². The highest BCUT2D eigenvalue weighted by molar-refractivity contribution is 5.24. The minimum atomic E-state index is 0.260. The predicted octanol–water partition coefficient (Wildman–Crippen LogP) is 3.06. The molecule has 2 nitrogen and oxygen atoms in total. The van der Waals surface area contributed by atoms with Crippen LogP contribution in [0.1, 0.15) is 50.3 Å². The fraction of sp³-hybridized carbons (Fsp3) is 0.600. The van der Waals surface area contributed by atoms with Crippen LogP contribution >= 0.6 is 0 Å². The number of aliphatic hydroxyl groups is 1. The van der Waals surface area contributed by atoms with Gasteiger partial charge in [-0.25, -0.2) is 0 Å². The van der Waals surface area contributed by atoms with Gasteiger partial charge in [-0.2, -0.15) is 0 Å². The molecule has 17 heavy (non-hydrogen) atoms. The van der Waals surface area contributed by atoms with E-state index in [0.717, 1.165) is 13.0 Å². The maximum atomic E-state index is 8.73. The van der Waals surface area contributed by atoms with Gasteiger partial charge in [0, 0.05) is 12.6 Å². The first-order valence-corrected chi connectivity index (χ1v) is 6.71. The van der Waals surface area contributed by atoms with E-state index in [1.165, 1.54) is 30.4 Å². The van der Waals surface area contributed by atoms with Crippen molar-refractivity contribution in [1.29, 1.82) is 0 Å². The van der Waals surface area contributed by atoms with Crippen molar-refractivity contribution in [1.82, 2.24) is 5.32 Å². The molecule has 0 saturated heterocycles. The van der Waals surface area contributed by atoms with Gasteiger partial charge in [0.15, 0.2) is 0 Å². The zero-order valence-corrected chi connectivity index (χ0v) is 11.1. The molecule has 2 N–H and O–H groups in total. The van der Waals surface area contributed by atoms with Crippen LogP contribution in [0.5, 0.6) is 0 Å². The molecule has 1 atom stereocenters. The van der Waals surface area contributed by atoms with Crippen molar-refractivity contribution in [3.63, 3.8) is 0 Å².